The molecule has 3 rings (SSSR count). The van der Waals surface area contributed by atoms with Crippen LogP contribution in [-0.2, 0) is 17.9 Å². The average Bonchev–Trinajstić information content (AvgIpc) is 2.95. The normalized spacial score (nSPS) is 14.0. The van der Waals surface area contributed by atoms with E-state index in [9.17, 15) is 9.59 Å². The first-order chi connectivity index (χ1) is 12.5. The Labute approximate surface area is 154 Å². The second-order valence-electron chi connectivity index (χ2n) is 6.88. The third kappa shape index (κ3) is 4.63. The molecule has 0 saturated carbocycles. The zero-order valence-corrected chi connectivity index (χ0v) is 15.4. The molecule has 1 heterocycles. The van der Waals surface area contributed by atoms with E-state index in [1.165, 1.54) is 11.1 Å². The largest absolute Gasteiger partial charge is 0.350 e. The van der Waals surface area contributed by atoms with Crippen molar-refractivity contribution in [3.05, 3.63) is 70.8 Å². The van der Waals surface area contributed by atoms with Crippen molar-refractivity contribution >= 4 is 11.9 Å². The molecule has 0 aromatic heterocycles. The first-order valence-electron chi connectivity index (χ1n) is 8.93. The lowest BCUT2D eigenvalue weighted by molar-refractivity contribution is -0.121. The molecular weight excluding hydrogens is 326 g/mol. The molecular formula is C21H25N3O2. The molecule has 1 aliphatic rings. The number of urea groups is 1. The van der Waals surface area contributed by atoms with Gasteiger partial charge in [-0.3, -0.25) is 4.79 Å². The molecule has 0 aliphatic carbocycles. The van der Waals surface area contributed by atoms with Crippen molar-refractivity contribution in [3.8, 4) is 0 Å². The van der Waals surface area contributed by atoms with Crippen LogP contribution in [0.3, 0.4) is 0 Å². The third-order valence-electron chi connectivity index (χ3n) is 4.58. The Balaban J connectivity index is 1.48. The standard InChI is InChI=1S/C21H25N3O2/c1-16-6-8-18(9-7-16)13-22-20(25)15-24-11-10-23(21(24)26)14-19-5-3-4-17(2)12-19/h3-9,12H,10-11,13-15H2,1-2H3,(H,22,25). The number of hydrogen-bond donors (Lipinski definition) is 1. The van der Waals surface area contributed by atoms with Crippen LogP contribution in [0.5, 0.6) is 0 Å². The van der Waals surface area contributed by atoms with E-state index in [2.05, 4.69) is 11.4 Å². The summed E-state index contributed by atoms with van der Waals surface area (Å²) in [6, 6.07) is 16.1. The van der Waals surface area contributed by atoms with Crippen molar-refractivity contribution in [1.82, 2.24) is 15.1 Å². The van der Waals surface area contributed by atoms with Crippen molar-refractivity contribution in [2.24, 2.45) is 0 Å². The monoisotopic (exact) mass is 351 g/mol. The number of carbonyl (C=O) groups is 2. The van der Waals surface area contributed by atoms with Crippen molar-refractivity contribution in [1.29, 1.82) is 0 Å². The van der Waals surface area contributed by atoms with E-state index in [4.69, 9.17) is 0 Å². The summed E-state index contributed by atoms with van der Waals surface area (Å²) in [4.78, 5) is 28.1. The molecule has 0 atom stereocenters. The lowest BCUT2D eigenvalue weighted by atomic mass is 10.1. The molecule has 2 aromatic carbocycles. The van der Waals surface area contributed by atoms with Gasteiger partial charge >= 0.3 is 6.03 Å². The maximum Gasteiger partial charge on any atom is 0.320 e. The Morgan fingerprint density at radius 3 is 2.42 bits per heavy atom. The first-order valence-corrected chi connectivity index (χ1v) is 8.93. The molecule has 1 aliphatic heterocycles. The summed E-state index contributed by atoms with van der Waals surface area (Å²) in [5, 5.41) is 2.89. The van der Waals surface area contributed by atoms with Gasteiger partial charge in [0.25, 0.3) is 0 Å². The second kappa shape index (κ2) is 8.04. The number of amides is 3. The Morgan fingerprint density at radius 2 is 1.69 bits per heavy atom. The smallest absolute Gasteiger partial charge is 0.320 e. The fraction of sp³-hybridized carbons (Fsp3) is 0.333. The minimum Gasteiger partial charge on any atom is -0.350 e. The van der Waals surface area contributed by atoms with Crippen LogP contribution >= 0.6 is 0 Å². The summed E-state index contributed by atoms with van der Waals surface area (Å²) in [6.07, 6.45) is 0. The Bertz CT molecular complexity index is 786. The molecule has 0 unspecified atom stereocenters. The van der Waals surface area contributed by atoms with E-state index >= 15 is 0 Å². The summed E-state index contributed by atoms with van der Waals surface area (Å²) in [7, 11) is 0. The molecule has 26 heavy (non-hydrogen) atoms. The zero-order valence-electron chi connectivity index (χ0n) is 15.4. The van der Waals surface area contributed by atoms with E-state index in [1.807, 2.05) is 56.3 Å². The molecule has 5 heteroatoms. The van der Waals surface area contributed by atoms with Crippen LogP contribution in [-0.4, -0.2) is 41.4 Å². The van der Waals surface area contributed by atoms with Crippen LogP contribution in [0.25, 0.3) is 0 Å². The van der Waals surface area contributed by atoms with E-state index in [-0.39, 0.29) is 18.5 Å². The Morgan fingerprint density at radius 1 is 0.962 bits per heavy atom. The summed E-state index contributed by atoms with van der Waals surface area (Å²) in [6.45, 7) is 6.48. The third-order valence-corrected chi connectivity index (χ3v) is 4.58. The highest BCUT2D eigenvalue weighted by atomic mass is 16.2. The van der Waals surface area contributed by atoms with Gasteiger partial charge in [0.15, 0.2) is 0 Å². The van der Waals surface area contributed by atoms with Gasteiger partial charge in [-0.25, -0.2) is 4.79 Å². The number of carbonyl (C=O) groups excluding carboxylic acids is 2. The molecule has 1 saturated heterocycles. The summed E-state index contributed by atoms with van der Waals surface area (Å²) in [5.74, 6) is -0.128. The molecule has 5 nitrogen and oxygen atoms in total. The predicted molar refractivity (Wildman–Crippen MR) is 102 cm³/mol. The van der Waals surface area contributed by atoms with Crippen LogP contribution in [0.1, 0.15) is 22.3 Å². The molecule has 136 valence electrons. The van der Waals surface area contributed by atoms with Gasteiger partial charge in [-0.2, -0.15) is 0 Å². The maximum absolute atomic E-state index is 12.5. The van der Waals surface area contributed by atoms with Crippen molar-refractivity contribution in [2.45, 2.75) is 26.9 Å². The first kappa shape index (κ1) is 18.0. The fourth-order valence-electron chi connectivity index (χ4n) is 3.09. The highest BCUT2D eigenvalue weighted by Crippen LogP contribution is 2.14. The van der Waals surface area contributed by atoms with Crippen LogP contribution in [0.2, 0.25) is 0 Å². The molecule has 1 fully saturated rings. The quantitative estimate of drug-likeness (QED) is 0.870. The SMILES string of the molecule is Cc1ccc(CNC(=O)CN2CCN(Cc3cccc(C)c3)C2=O)cc1. The minimum atomic E-state index is -0.128. The van der Waals surface area contributed by atoms with Gasteiger partial charge in [0.05, 0.1) is 0 Å². The predicted octanol–water partition coefficient (Wildman–Crippen LogP) is 2.86. The van der Waals surface area contributed by atoms with Crippen molar-refractivity contribution < 1.29 is 9.59 Å². The lowest BCUT2D eigenvalue weighted by Gasteiger charge is -2.18. The molecule has 0 radical (unpaired) electrons. The fourth-order valence-corrected chi connectivity index (χ4v) is 3.09. The van der Waals surface area contributed by atoms with Crippen molar-refractivity contribution in [3.63, 3.8) is 0 Å². The van der Waals surface area contributed by atoms with Crippen LogP contribution in [0, 0.1) is 13.8 Å². The number of aryl methyl sites for hydroxylation is 2. The van der Waals surface area contributed by atoms with Gasteiger partial charge in [0.1, 0.15) is 6.54 Å². The highest BCUT2D eigenvalue weighted by Gasteiger charge is 2.29. The van der Waals surface area contributed by atoms with Gasteiger partial charge < -0.3 is 15.1 Å². The van der Waals surface area contributed by atoms with E-state index in [0.717, 1.165) is 11.1 Å². The lowest BCUT2D eigenvalue weighted by Crippen LogP contribution is -2.39. The molecule has 0 spiro atoms. The average molecular weight is 351 g/mol. The molecule has 2 aromatic rings. The summed E-state index contributed by atoms with van der Waals surface area (Å²) >= 11 is 0. The van der Waals surface area contributed by atoms with Crippen molar-refractivity contribution in [2.75, 3.05) is 19.6 Å². The second-order valence-corrected chi connectivity index (χ2v) is 6.88. The van der Waals surface area contributed by atoms with E-state index < -0.39 is 0 Å². The number of hydrogen-bond acceptors (Lipinski definition) is 2. The van der Waals surface area contributed by atoms with E-state index in [1.54, 1.807) is 9.80 Å². The summed E-state index contributed by atoms with van der Waals surface area (Å²) in [5.41, 5.74) is 4.54. The Kier molecular flexibility index (Phi) is 5.56. The maximum atomic E-state index is 12.5. The Hall–Kier alpha value is -2.82. The van der Waals surface area contributed by atoms with Gasteiger partial charge in [-0.05, 0) is 25.0 Å². The van der Waals surface area contributed by atoms with Gasteiger partial charge in [0, 0.05) is 26.2 Å². The molecule has 1 N–H and O–H groups in total. The van der Waals surface area contributed by atoms with Gasteiger partial charge in [-0.15, -0.1) is 0 Å². The van der Waals surface area contributed by atoms with Gasteiger partial charge in [-0.1, -0.05) is 59.7 Å². The van der Waals surface area contributed by atoms with Crippen LogP contribution in [0.15, 0.2) is 48.5 Å². The number of nitrogens with zero attached hydrogens (tertiary/aromatic N) is 2. The molecule has 0 bridgehead atoms. The summed E-state index contributed by atoms with van der Waals surface area (Å²) < 4.78 is 0. The van der Waals surface area contributed by atoms with Crippen LogP contribution in [0.4, 0.5) is 4.79 Å². The molecule has 3 amide bonds. The topological polar surface area (TPSA) is 52.7 Å². The van der Waals surface area contributed by atoms with Gasteiger partial charge in [0.2, 0.25) is 5.91 Å². The minimum absolute atomic E-state index is 0.0722. The van der Waals surface area contributed by atoms with Crippen LogP contribution < -0.4 is 5.32 Å². The number of nitrogens with one attached hydrogen (secondary N) is 1. The zero-order chi connectivity index (χ0) is 18.5. The number of rotatable bonds is 6. The highest BCUT2D eigenvalue weighted by molar-refractivity contribution is 5.85. The number of benzene rings is 2. The van der Waals surface area contributed by atoms with E-state index in [0.29, 0.717) is 26.2 Å².